The summed E-state index contributed by atoms with van der Waals surface area (Å²) in [7, 11) is 0. The van der Waals surface area contributed by atoms with Gasteiger partial charge in [-0.25, -0.2) is 0 Å². The molecular weight excluding hydrogens is 232 g/mol. The molecule has 6 unspecified atom stereocenters. The van der Waals surface area contributed by atoms with Gasteiger partial charge in [0.05, 0.1) is 0 Å². The minimum Gasteiger partial charge on any atom is -0.396 e. The average molecular weight is 264 g/mol. The maximum atomic E-state index is 9.57. The molecule has 3 aliphatic carbocycles. The van der Waals surface area contributed by atoms with Gasteiger partial charge < -0.3 is 5.11 Å². The Bertz CT molecular complexity index is 275. The predicted molar refractivity (Wildman–Crippen MR) is 81.9 cm³/mol. The number of hydrogen-bond acceptors (Lipinski definition) is 1. The van der Waals surface area contributed by atoms with Crippen molar-refractivity contribution in [3.05, 3.63) is 13.2 Å². The molecule has 1 nitrogen and oxygen atoms in total. The van der Waals surface area contributed by atoms with Crippen molar-refractivity contribution < 1.29 is 5.11 Å². The van der Waals surface area contributed by atoms with Gasteiger partial charge in [0.15, 0.2) is 0 Å². The Morgan fingerprint density at radius 1 is 0.895 bits per heavy atom. The van der Waals surface area contributed by atoms with E-state index in [1.165, 1.54) is 51.4 Å². The summed E-state index contributed by atoms with van der Waals surface area (Å²) >= 11 is 0. The molecule has 0 spiro atoms. The van der Waals surface area contributed by atoms with Crippen molar-refractivity contribution in [1.82, 2.24) is 0 Å². The normalized spacial score (nSPS) is 45.4. The van der Waals surface area contributed by atoms with E-state index < -0.39 is 0 Å². The monoisotopic (exact) mass is 264 g/mol. The van der Waals surface area contributed by atoms with E-state index in [4.69, 9.17) is 0 Å². The van der Waals surface area contributed by atoms with Gasteiger partial charge in [-0.15, -0.1) is 13.2 Å². The summed E-state index contributed by atoms with van der Waals surface area (Å²) in [6.45, 7) is 8.90. The SMILES string of the molecule is C=C.CC1CCC2C(CCC3C(CO)CCCC32)C1. The van der Waals surface area contributed by atoms with Gasteiger partial charge in [-0.3, -0.25) is 0 Å². The lowest BCUT2D eigenvalue weighted by Gasteiger charge is -2.51. The zero-order valence-electron chi connectivity index (χ0n) is 12.7. The van der Waals surface area contributed by atoms with Gasteiger partial charge in [0.25, 0.3) is 0 Å². The highest BCUT2D eigenvalue weighted by Gasteiger charge is 2.45. The van der Waals surface area contributed by atoms with E-state index in [0.29, 0.717) is 12.5 Å². The summed E-state index contributed by atoms with van der Waals surface area (Å²) in [5.41, 5.74) is 0. The third-order valence-corrected chi connectivity index (χ3v) is 6.23. The van der Waals surface area contributed by atoms with Crippen LogP contribution in [0.2, 0.25) is 0 Å². The second kappa shape index (κ2) is 6.92. The Morgan fingerprint density at radius 3 is 2.37 bits per heavy atom. The molecule has 19 heavy (non-hydrogen) atoms. The Hall–Kier alpha value is -0.300. The van der Waals surface area contributed by atoms with Crippen LogP contribution in [-0.2, 0) is 0 Å². The van der Waals surface area contributed by atoms with Crippen LogP contribution in [0.15, 0.2) is 13.2 Å². The smallest absolute Gasteiger partial charge is 0.0462 e. The fraction of sp³-hybridized carbons (Fsp3) is 0.889. The first-order valence-electron chi connectivity index (χ1n) is 8.40. The third-order valence-electron chi connectivity index (χ3n) is 6.23. The molecule has 6 atom stereocenters. The molecule has 1 heteroatoms. The molecule has 0 aromatic rings. The van der Waals surface area contributed by atoms with Crippen LogP contribution in [0.25, 0.3) is 0 Å². The van der Waals surface area contributed by atoms with Crippen molar-refractivity contribution in [2.24, 2.45) is 35.5 Å². The number of aliphatic hydroxyl groups excluding tert-OH is 1. The van der Waals surface area contributed by atoms with E-state index in [1.54, 1.807) is 0 Å². The lowest BCUT2D eigenvalue weighted by atomic mass is 9.54. The zero-order valence-corrected chi connectivity index (χ0v) is 12.7. The first-order chi connectivity index (χ1) is 9.29. The molecule has 3 aliphatic rings. The third kappa shape index (κ3) is 3.07. The molecule has 3 fully saturated rings. The van der Waals surface area contributed by atoms with Crippen LogP contribution in [0, 0.1) is 35.5 Å². The standard InChI is InChI=1S/C16H28O.C2H4/c1-11-5-7-14-12(9-11)6-8-15-13(10-17)3-2-4-16(14)15;1-2/h11-17H,2-10H2,1H3;1-2H2. The van der Waals surface area contributed by atoms with Crippen molar-refractivity contribution in [2.75, 3.05) is 6.61 Å². The van der Waals surface area contributed by atoms with Gasteiger partial charge >= 0.3 is 0 Å². The maximum absolute atomic E-state index is 9.57. The van der Waals surface area contributed by atoms with Crippen LogP contribution in [0.1, 0.15) is 58.3 Å². The van der Waals surface area contributed by atoms with Crippen LogP contribution < -0.4 is 0 Å². The van der Waals surface area contributed by atoms with Crippen molar-refractivity contribution >= 4 is 0 Å². The van der Waals surface area contributed by atoms with E-state index in [1.807, 2.05) is 0 Å². The molecule has 0 amide bonds. The molecule has 0 bridgehead atoms. The molecule has 1 N–H and O–H groups in total. The summed E-state index contributed by atoms with van der Waals surface area (Å²) in [6.07, 6.45) is 11.5. The Balaban J connectivity index is 0.000000637. The quantitative estimate of drug-likeness (QED) is 0.683. The van der Waals surface area contributed by atoms with Gasteiger partial charge in [-0.05, 0) is 74.0 Å². The first kappa shape index (κ1) is 15.1. The Labute approximate surface area is 119 Å². The fourth-order valence-corrected chi connectivity index (χ4v) is 5.43. The van der Waals surface area contributed by atoms with Gasteiger partial charge in [0.2, 0.25) is 0 Å². The molecule has 0 radical (unpaired) electrons. The summed E-state index contributed by atoms with van der Waals surface area (Å²) in [4.78, 5) is 0. The van der Waals surface area contributed by atoms with Crippen LogP contribution in [0.4, 0.5) is 0 Å². The van der Waals surface area contributed by atoms with Crippen LogP contribution in [0.3, 0.4) is 0 Å². The van der Waals surface area contributed by atoms with Crippen molar-refractivity contribution in [2.45, 2.75) is 58.3 Å². The average Bonchev–Trinajstić information content (AvgIpc) is 2.48. The summed E-state index contributed by atoms with van der Waals surface area (Å²) in [5.74, 6) is 5.55. The molecule has 0 aromatic carbocycles. The van der Waals surface area contributed by atoms with Crippen LogP contribution in [0.5, 0.6) is 0 Å². The highest BCUT2D eigenvalue weighted by Crippen LogP contribution is 2.53. The number of aliphatic hydroxyl groups is 1. The molecule has 0 aliphatic heterocycles. The van der Waals surface area contributed by atoms with Crippen molar-refractivity contribution in [1.29, 1.82) is 0 Å². The first-order valence-corrected chi connectivity index (χ1v) is 8.40. The van der Waals surface area contributed by atoms with Gasteiger partial charge in [-0.2, -0.15) is 0 Å². The molecular formula is C18H32O. The predicted octanol–water partition coefficient (Wildman–Crippen LogP) is 4.66. The van der Waals surface area contributed by atoms with Crippen molar-refractivity contribution in [3.8, 4) is 0 Å². The Kier molecular flexibility index (Phi) is 5.50. The van der Waals surface area contributed by atoms with E-state index in [0.717, 1.165) is 29.6 Å². The summed E-state index contributed by atoms with van der Waals surface area (Å²) in [6, 6.07) is 0. The van der Waals surface area contributed by atoms with E-state index in [-0.39, 0.29) is 0 Å². The summed E-state index contributed by atoms with van der Waals surface area (Å²) < 4.78 is 0. The minimum absolute atomic E-state index is 0.453. The van der Waals surface area contributed by atoms with Gasteiger partial charge in [-0.1, -0.05) is 19.8 Å². The van der Waals surface area contributed by atoms with Crippen molar-refractivity contribution in [3.63, 3.8) is 0 Å². The lowest BCUT2D eigenvalue weighted by Crippen LogP contribution is -2.43. The number of hydrogen-bond donors (Lipinski definition) is 1. The molecule has 110 valence electrons. The van der Waals surface area contributed by atoms with E-state index in [9.17, 15) is 5.11 Å². The molecule has 0 saturated heterocycles. The highest BCUT2D eigenvalue weighted by molar-refractivity contribution is 4.94. The summed E-state index contributed by atoms with van der Waals surface area (Å²) in [5, 5.41) is 9.57. The fourth-order valence-electron chi connectivity index (χ4n) is 5.43. The highest BCUT2D eigenvalue weighted by atomic mass is 16.3. The minimum atomic E-state index is 0.453. The number of fused-ring (bicyclic) bond motifs is 3. The Morgan fingerprint density at radius 2 is 1.63 bits per heavy atom. The van der Waals surface area contributed by atoms with Crippen LogP contribution in [-0.4, -0.2) is 11.7 Å². The second-order valence-corrected chi connectivity index (χ2v) is 7.12. The van der Waals surface area contributed by atoms with Gasteiger partial charge in [0, 0.05) is 6.61 Å². The topological polar surface area (TPSA) is 20.2 Å². The molecule has 3 saturated carbocycles. The zero-order chi connectivity index (χ0) is 13.8. The van der Waals surface area contributed by atoms with E-state index >= 15 is 0 Å². The second-order valence-electron chi connectivity index (χ2n) is 7.12. The van der Waals surface area contributed by atoms with E-state index in [2.05, 4.69) is 20.1 Å². The molecule has 0 aromatic heterocycles. The molecule has 0 heterocycles. The number of rotatable bonds is 1. The van der Waals surface area contributed by atoms with Crippen LogP contribution >= 0.6 is 0 Å². The van der Waals surface area contributed by atoms with Gasteiger partial charge in [0.1, 0.15) is 0 Å². The lowest BCUT2D eigenvalue weighted by molar-refractivity contribution is -0.0274. The maximum Gasteiger partial charge on any atom is 0.0462 e. The largest absolute Gasteiger partial charge is 0.396 e. The molecule has 3 rings (SSSR count).